The Hall–Kier alpha value is -1.16. The predicted molar refractivity (Wildman–Crippen MR) is 71.6 cm³/mol. The van der Waals surface area contributed by atoms with Gasteiger partial charge in [0.1, 0.15) is 11.1 Å². The molecule has 1 aromatic carbocycles. The molecule has 110 valence electrons. The third kappa shape index (κ3) is 2.95. The first-order valence-corrected chi connectivity index (χ1v) is 7.53. The van der Waals surface area contributed by atoms with Crippen molar-refractivity contribution in [3.8, 4) is 0 Å². The number of ether oxygens (including phenoxy) is 1. The maximum absolute atomic E-state index is 13.2. The molecule has 9 heteroatoms. The standard InChI is InChI=1S/C11H12F2N2O3S2/c12-8-2-1-7(5-9(8)13)20(16,17)15-3-4-18-10(6-15)11(14)19/h1-2,5,10H,3-4,6H2,(H2,14,19). The molecule has 1 unspecified atom stereocenters. The number of nitrogens with two attached hydrogens (primary N) is 1. The van der Waals surface area contributed by atoms with Gasteiger partial charge < -0.3 is 10.5 Å². The summed E-state index contributed by atoms with van der Waals surface area (Å²) in [6, 6.07) is 2.43. The van der Waals surface area contributed by atoms with Crippen molar-refractivity contribution in [1.29, 1.82) is 0 Å². The number of nitrogens with zero attached hydrogens (tertiary/aromatic N) is 1. The van der Waals surface area contributed by atoms with E-state index in [0.29, 0.717) is 6.07 Å². The molecule has 20 heavy (non-hydrogen) atoms. The second-order valence-electron chi connectivity index (χ2n) is 4.20. The molecule has 1 saturated heterocycles. The van der Waals surface area contributed by atoms with E-state index >= 15 is 0 Å². The number of morpholine rings is 1. The average molecular weight is 322 g/mol. The minimum atomic E-state index is -3.94. The normalized spacial score (nSPS) is 20.8. The number of hydrogen-bond acceptors (Lipinski definition) is 4. The molecule has 5 nitrogen and oxygen atoms in total. The molecule has 0 saturated carbocycles. The topological polar surface area (TPSA) is 72.6 Å². The highest BCUT2D eigenvalue weighted by Gasteiger charge is 2.32. The van der Waals surface area contributed by atoms with Gasteiger partial charge in [0, 0.05) is 13.1 Å². The molecule has 1 aliphatic heterocycles. The van der Waals surface area contributed by atoms with Crippen molar-refractivity contribution < 1.29 is 21.9 Å². The van der Waals surface area contributed by atoms with Crippen molar-refractivity contribution in [3.05, 3.63) is 29.8 Å². The first-order chi connectivity index (χ1) is 9.32. The van der Waals surface area contributed by atoms with Gasteiger partial charge in [0.2, 0.25) is 10.0 Å². The van der Waals surface area contributed by atoms with Crippen molar-refractivity contribution >= 4 is 27.2 Å². The summed E-state index contributed by atoms with van der Waals surface area (Å²) in [5.41, 5.74) is 5.43. The summed E-state index contributed by atoms with van der Waals surface area (Å²) in [4.78, 5) is -0.268. The van der Waals surface area contributed by atoms with Gasteiger partial charge in [0.15, 0.2) is 11.6 Å². The second kappa shape index (κ2) is 5.68. The maximum atomic E-state index is 13.2. The van der Waals surface area contributed by atoms with Gasteiger partial charge >= 0.3 is 0 Å². The lowest BCUT2D eigenvalue weighted by molar-refractivity contribution is 0.0386. The average Bonchev–Trinajstić information content (AvgIpc) is 2.42. The molecule has 2 rings (SSSR count). The minimum Gasteiger partial charge on any atom is -0.391 e. The SMILES string of the molecule is NC(=S)C1CN(S(=O)(=O)c2ccc(F)c(F)c2)CCO1. The van der Waals surface area contributed by atoms with Gasteiger partial charge in [-0.25, -0.2) is 17.2 Å². The molecule has 0 amide bonds. The van der Waals surface area contributed by atoms with E-state index in [4.69, 9.17) is 22.7 Å². The van der Waals surface area contributed by atoms with Gasteiger partial charge in [-0.3, -0.25) is 0 Å². The summed E-state index contributed by atoms with van der Waals surface area (Å²) in [5, 5.41) is 0. The Morgan fingerprint density at radius 3 is 2.70 bits per heavy atom. The van der Waals surface area contributed by atoms with Crippen LogP contribution in [-0.4, -0.2) is 43.5 Å². The largest absolute Gasteiger partial charge is 0.391 e. The van der Waals surface area contributed by atoms with Crippen LogP contribution < -0.4 is 5.73 Å². The van der Waals surface area contributed by atoms with E-state index in [9.17, 15) is 17.2 Å². The zero-order valence-corrected chi connectivity index (χ0v) is 11.9. The van der Waals surface area contributed by atoms with Crippen LogP contribution >= 0.6 is 12.2 Å². The summed E-state index contributed by atoms with van der Waals surface area (Å²) in [5.74, 6) is -2.32. The number of halogens is 2. The van der Waals surface area contributed by atoms with E-state index in [0.717, 1.165) is 16.4 Å². The highest BCUT2D eigenvalue weighted by Crippen LogP contribution is 2.20. The van der Waals surface area contributed by atoms with Crippen molar-refractivity contribution in [2.45, 2.75) is 11.0 Å². The molecule has 1 aliphatic rings. The van der Waals surface area contributed by atoms with E-state index < -0.39 is 27.8 Å². The van der Waals surface area contributed by atoms with E-state index in [1.54, 1.807) is 0 Å². The molecule has 1 atom stereocenters. The molecule has 0 spiro atoms. The fourth-order valence-electron chi connectivity index (χ4n) is 1.80. The first-order valence-electron chi connectivity index (χ1n) is 5.68. The third-order valence-corrected chi connectivity index (χ3v) is 5.00. The van der Waals surface area contributed by atoms with Gasteiger partial charge in [-0.15, -0.1) is 0 Å². The molecular weight excluding hydrogens is 310 g/mol. The molecular formula is C11H12F2N2O3S2. The molecule has 0 radical (unpaired) electrons. The van der Waals surface area contributed by atoms with Crippen molar-refractivity contribution in [3.63, 3.8) is 0 Å². The number of thiocarbonyl (C=S) groups is 1. The van der Waals surface area contributed by atoms with Crippen LogP contribution in [-0.2, 0) is 14.8 Å². The zero-order chi connectivity index (χ0) is 14.9. The van der Waals surface area contributed by atoms with Crippen LogP contribution in [0.1, 0.15) is 0 Å². The van der Waals surface area contributed by atoms with Crippen molar-refractivity contribution in [1.82, 2.24) is 4.31 Å². The van der Waals surface area contributed by atoms with E-state index in [-0.39, 0.29) is 29.6 Å². The van der Waals surface area contributed by atoms with Crippen LogP contribution in [0.4, 0.5) is 8.78 Å². The Balaban J connectivity index is 2.29. The summed E-state index contributed by atoms with van der Waals surface area (Å²) >= 11 is 4.77. The number of hydrogen-bond donors (Lipinski definition) is 1. The number of benzene rings is 1. The van der Waals surface area contributed by atoms with Crippen LogP contribution in [0.25, 0.3) is 0 Å². The van der Waals surface area contributed by atoms with Crippen LogP contribution in [0.3, 0.4) is 0 Å². The molecule has 1 aromatic rings. The molecule has 1 fully saturated rings. The van der Waals surface area contributed by atoms with E-state index in [2.05, 4.69) is 0 Å². The Morgan fingerprint density at radius 2 is 2.10 bits per heavy atom. The van der Waals surface area contributed by atoms with E-state index in [1.165, 1.54) is 0 Å². The molecule has 1 heterocycles. The lowest BCUT2D eigenvalue weighted by Gasteiger charge is -2.31. The summed E-state index contributed by atoms with van der Waals surface area (Å²) < 4.78 is 57.0. The monoisotopic (exact) mass is 322 g/mol. The zero-order valence-electron chi connectivity index (χ0n) is 10.3. The minimum absolute atomic E-state index is 0.0450. The Morgan fingerprint density at radius 1 is 1.40 bits per heavy atom. The fourth-order valence-corrected chi connectivity index (χ4v) is 3.38. The van der Waals surface area contributed by atoms with Crippen LogP contribution in [0.2, 0.25) is 0 Å². The number of sulfonamides is 1. The van der Waals surface area contributed by atoms with E-state index in [1.807, 2.05) is 0 Å². The van der Waals surface area contributed by atoms with Gasteiger partial charge in [-0.2, -0.15) is 4.31 Å². The van der Waals surface area contributed by atoms with Crippen molar-refractivity contribution in [2.75, 3.05) is 19.7 Å². The van der Waals surface area contributed by atoms with Gasteiger partial charge in [0.05, 0.1) is 11.5 Å². The Kier molecular flexibility index (Phi) is 4.33. The molecule has 2 N–H and O–H groups in total. The quantitative estimate of drug-likeness (QED) is 0.827. The maximum Gasteiger partial charge on any atom is 0.243 e. The smallest absolute Gasteiger partial charge is 0.243 e. The van der Waals surface area contributed by atoms with Gasteiger partial charge in [-0.1, -0.05) is 12.2 Å². The lowest BCUT2D eigenvalue weighted by Crippen LogP contribution is -2.49. The second-order valence-corrected chi connectivity index (χ2v) is 6.61. The fraction of sp³-hybridized carbons (Fsp3) is 0.364. The molecule has 0 aliphatic carbocycles. The van der Waals surface area contributed by atoms with Crippen LogP contribution in [0, 0.1) is 11.6 Å². The van der Waals surface area contributed by atoms with Crippen molar-refractivity contribution in [2.24, 2.45) is 5.73 Å². The third-order valence-electron chi connectivity index (χ3n) is 2.88. The highest BCUT2D eigenvalue weighted by atomic mass is 32.2. The number of rotatable bonds is 3. The highest BCUT2D eigenvalue weighted by molar-refractivity contribution is 7.89. The first kappa shape index (κ1) is 15.2. The molecule has 0 bridgehead atoms. The Bertz CT molecular complexity index is 637. The van der Waals surface area contributed by atoms with Gasteiger partial charge in [0.25, 0.3) is 0 Å². The summed E-state index contributed by atoms with van der Waals surface area (Å²) in [6.07, 6.45) is -0.682. The summed E-state index contributed by atoms with van der Waals surface area (Å²) in [6.45, 7) is 0.183. The molecule has 0 aromatic heterocycles. The Labute approximate surface area is 120 Å². The van der Waals surface area contributed by atoms with Gasteiger partial charge in [-0.05, 0) is 18.2 Å². The predicted octanol–water partition coefficient (Wildman–Crippen LogP) is 0.640. The summed E-state index contributed by atoms with van der Waals surface area (Å²) in [7, 11) is -3.94. The van der Waals surface area contributed by atoms with Crippen LogP contribution in [0.15, 0.2) is 23.1 Å². The lowest BCUT2D eigenvalue weighted by atomic mass is 10.3. The van der Waals surface area contributed by atoms with Crippen LogP contribution in [0.5, 0.6) is 0 Å².